The van der Waals surface area contributed by atoms with Crippen LogP contribution in [-0.2, 0) is 10.0 Å². The first-order chi connectivity index (χ1) is 16.7. The second kappa shape index (κ2) is 10.2. The maximum absolute atomic E-state index is 12.9. The molecule has 2 amide bonds. The third-order valence-corrected chi connectivity index (χ3v) is 6.44. The van der Waals surface area contributed by atoms with E-state index in [1.807, 2.05) is 0 Å². The van der Waals surface area contributed by atoms with Crippen molar-refractivity contribution < 1.29 is 18.0 Å². The molecule has 0 radical (unpaired) electrons. The monoisotopic (exact) mass is 550 g/mol. The third kappa shape index (κ3) is 5.80. The van der Waals surface area contributed by atoms with Gasteiger partial charge in [0.1, 0.15) is 10.4 Å². The third-order valence-electron chi connectivity index (χ3n) is 5.03. The molecule has 0 aliphatic carbocycles. The summed E-state index contributed by atoms with van der Waals surface area (Å²) in [6.45, 7) is 0. The number of carbonyl (C=O) groups excluding carboxylic acids is 2. The summed E-state index contributed by atoms with van der Waals surface area (Å²) >= 11 is 3.26. The van der Waals surface area contributed by atoms with Gasteiger partial charge in [-0.2, -0.15) is 0 Å². The van der Waals surface area contributed by atoms with Gasteiger partial charge < -0.3 is 10.6 Å². The van der Waals surface area contributed by atoms with Gasteiger partial charge in [0.05, 0.1) is 16.1 Å². The zero-order chi connectivity index (χ0) is 25.0. The number of nitrogens with one attached hydrogen (secondary N) is 2. The van der Waals surface area contributed by atoms with Crippen molar-refractivity contribution in [3.8, 4) is 11.1 Å². The fraction of sp³-hybridized carbons (Fsp3) is 0. The van der Waals surface area contributed by atoms with Gasteiger partial charge in [-0.15, -0.1) is 0 Å². The Bertz CT molecular complexity index is 1520. The van der Waals surface area contributed by atoms with E-state index < -0.39 is 21.8 Å². The Morgan fingerprint density at radius 2 is 1.46 bits per heavy atom. The van der Waals surface area contributed by atoms with Crippen molar-refractivity contribution >= 4 is 49.3 Å². The predicted molar refractivity (Wildman–Crippen MR) is 138 cm³/mol. The van der Waals surface area contributed by atoms with Crippen LogP contribution in [0.3, 0.4) is 0 Å². The number of rotatable bonds is 6. The summed E-state index contributed by atoms with van der Waals surface area (Å²) in [4.78, 5) is 29.9. The van der Waals surface area contributed by atoms with Gasteiger partial charge >= 0.3 is 0 Å². The predicted octanol–water partition coefficient (Wildman–Crippen LogP) is 4.66. The molecule has 0 saturated carbocycles. The largest absolute Gasteiger partial charge is 0.321 e. The number of anilines is 2. The molecule has 3 aromatic carbocycles. The number of nitrogens with zero attached hydrogens (tertiary/aromatic N) is 1. The van der Waals surface area contributed by atoms with Crippen molar-refractivity contribution in [3.05, 3.63) is 107 Å². The summed E-state index contributed by atoms with van der Waals surface area (Å²) in [6, 6.07) is 24.5. The van der Waals surface area contributed by atoms with E-state index in [-0.39, 0.29) is 10.5 Å². The fourth-order valence-corrected chi connectivity index (χ4v) is 4.50. The number of aromatic nitrogens is 1. The molecule has 35 heavy (non-hydrogen) atoms. The molecule has 4 N–H and O–H groups in total. The minimum atomic E-state index is -3.91. The average molecular weight is 551 g/mol. The van der Waals surface area contributed by atoms with Gasteiger partial charge in [-0.05, 0) is 64.0 Å². The second-order valence-corrected chi connectivity index (χ2v) is 9.76. The van der Waals surface area contributed by atoms with Crippen molar-refractivity contribution in [1.29, 1.82) is 0 Å². The molecule has 4 rings (SSSR count). The summed E-state index contributed by atoms with van der Waals surface area (Å²) in [6.07, 6.45) is 0. The minimum absolute atomic E-state index is 0.00271. The molecular formula is C25H19BrN4O4S. The maximum atomic E-state index is 12.9. The van der Waals surface area contributed by atoms with E-state index in [1.54, 1.807) is 84.9 Å². The molecule has 0 atom stereocenters. The minimum Gasteiger partial charge on any atom is -0.321 e. The van der Waals surface area contributed by atoms with Crippen LogP contribution in [0.1, 0.15) is 20.7 Å². The molecule has 10 heteroatoms. The van der Waals surface area contributed by atoms with E-state index in [0.717, 1.165) is 0 Å². The molecule has 0 bridgehead atoms. The topological polar surface area (TPSA) is 131 Å². The van der Waals surface area contributed by atoms with Crippen LogP contribution >= 0.6 is 15.9 Å². The molecule has 0 saturated heterocycles. The molecule has 0 fully saturated rings. The highest BCUT2D eigenvalue weighted by atomic mass is 79.9. The van der Waals surface area contributed by atoms with E-state index in [9.17, 15) is 18.0 Å². The van der Waals surface area contributed by atoms with Crippen LogP contribution in [0.15, 0.2) is 100 Å². The number of sulfonamides is 1. The molecule has 0 aliphatic rings. The number of pyridine rings is 1. The zero-order valence-electron chi connectivity index (χ0n) is 18.1. The van der Waals surface area contributed by atoms with Crippen LogP contribution in [0, 0.1) is 0 Å². The Hall–Kier alpha value is -3.86. The Kier molecular flexibility index (Phi) is 7.06. The fourth-order valence-electron chi connectivity index (χ4n) is 3.40. The van der Waals surface area contributed by atoms with Crippen LogP contribution in [-0.4, -0.2) is 25.2 Å². The van der Waals surface area contributed by atoms with E-state index in [0.29, 0.717) is 32.8 Å². The summed E-state index contributed by atoms with van der Waals surface area (Å²) in [5.74, 6) is -0.501. The Morgan fingerprint density at radius 1 is 0.771 bits per heavy atom. The number of para-hydroxylation sites is 1. The van der Waals surface area contributed by atoms with Crippen molar-refractivity contribution in [2.45, 2.75) is 4.90 Å². The van der Waals surface area contributed by atoms with E-state index in [4.69, 9.17) is 5.14 Å². The lowest BCUT2D eigenvalue weighted by molar-refractivity contribution is 0.102. The standard InChI is InChI=1S/C25H19BrN4O4S/c26-22-10-5-11-23(29-22)30-25(32)19-7-1-3-8-20(19)28-24(31)17-14-12-16(13-15-17)18-6-2-4-9-21(18)35(27,33)34/h1-15H,(H,28,31)(H2,27,33,34)(H,29,30,32). The summed E-state index contributed by atoms with van der Waals surface area (Å²) in [7, 11) is -3.91. The smallest absolute Gasteiger partial charge is 0.258 e. The Morgan fingerprint density at radius 3 is 2.17 bits per heavy atom. The molecule has 1 aromatic heterocycles. The van der Waals surface area contributed by atoms with Gasteiger partial charge in [-0.25, -0.2) is 18.5 Å². The van der Waals surface area contributed by atoms with Gasteiger partial charge in [-0.3, -0.25) is 9.59 Å². The second-order valence-electron chi connectivity index (χ2n) is 7.42. The van der Waals surface area contributed by atoms with Crippen molar-refractivity contribution in [2.75, 3.05) is 10.6 Å². The molecule has 8 nitrogen and oxygen atoms in total. The van der Waals surface area contributed by atoms with Crippen LogP contribution in [0.2, 0.25) is 0 Å². The van der Waals surface area contributed by atoms with E-state index >= 15 is 0 Å². The SMILES string of the molecule is NS(=O)(=O)c1ccccc1-c1ccc(C(=O)Nc2ccccc2C(=O)Nc2cccc(Br)n2)cc1. The number of halogens is 1. The van der Waals surface area contributed by atoms with Crippen LogP contribution in [0.4, 0.5) is 11.5 Å². The first-order valence-corrected chi connectivity index (χ1v) is 12.6. The number of hydrogen-bond acceptors (Lipinski definition) is 5. The highest BCUT2D eigenvalue weighted by Crippen LogP contribution is 2.27. The quantitative estimate of drug-likeness (QED) is 0.300. The first-order valence-electron chi connectivity index (χ1n) is 10.3. The number of carbonyl (C=O) groups is 2. The number of hydrogen-bond donors (Lipinski definition) is 3. The maximum Gasteiger partial charge on any atom is 0.258 e. The number of nitrogens with two attached hydrogens (primary N) is 1. The van der Waals surface area contributed by atoms with Crippen LogP contribution < -0.4 is 15.8 Å². The van der Waals surface area contributed by atoms with Crippen molar-refractivity contribution in [3.63, 3.8) is 0 Å². The van der Waals surface area contributed by atoms with Crippen molar-refractivity contribution in [2.24, 2.45) is 5.14 Å². The lowest BCUT2D eigenvalue weighted by atomic mass is 10.0. The zero-order valence-corrected chi connectivity index (χ0v) is 20.5. The summed E-state index contributed by atoms with van der Waals surface area (Å²) < 4.78 is 24.4. The van der Waals surface area contributed by atoms with Gasteiger partial charge in [0.15, 0.2) is 0 Å². The molecule has 1 heterocycles. The summed E-state index contributed by atoms with van der Waals surface area (Å²) in [5, 5.41) is 10.8. The summed E-state index contributed by atoms with van der Waals surface area (Å²) in [5.41, 5.74) is 1.94. The first kappa shape index (κ1) is 24.3. The van der Waals surface area contributed by atoms with Gasteiger partial charge in [0.2, 0.25) is 10.0 Å². The Labute approximate surface area is 210 Å². The Balaban J connectivity index is 1.54. The van der Waals surface area contributed by atoms with Crippen LogP contribution in [0.25, 0.3) is 11.1 Å². The molecule has 4 aromatic rings. The molecular weight excluding hydrogens is 532 g/mol. The molecule has 0 aliphatic heterocycles. The molecule has 0 unspecified atom stereocenters. The normalized spacial score (nSPS) is 11.0. The average Bonchev–Trinajstić information content (AvgIpc) is 2.84. The number of benzene rings is 3. The molecule has 176 valence electrons. The lowest BCUT2D eigenvalue weighted by Crippen LogP contribution is -2.18. The van der Waals surface area contributed by atoms with Crippen LogP contribution in [0.5, 0.6) is 0 Å². The lowest BCUT2D eigenvalue weighted by Gasteiger charge is -2.12. The van der Waals surface area contributed by atoms with E-state index in [1.165, 1.54) is 6.07 Å². The number of amides is 2. The van der Waals surface area contributed by atoms with Gasteiger partial charge in [0, 0.05) is 11.1 Å². The molecule has 0 spiro atoms. The van der Waals surface area contributed by atoms with E-state index in [2.05, 4.69) is 31.5 Å². The van der Waals surface area contributed by atoms with Crippen molar-refractivity contribution in [1.82, 2.24) is 4.98 Å². The van der Waals surface area contributed by atoms with Gasteiger partial charge in [0.25, 0.3) is 11.8 Å². The number of primary sulfonamides is 1. The van der Waals surface area contributed by atoms with Gasteiger partial charge in [-0.1, -0.05) is 48.5 Å². The highest BCUT2D eigenvalue weighted by Gasteiger charge is 2.17. The highest BCUT2D eigenvalue weighted by molar-refractivity contribution is 9.10.